The first-order chi connectivity index (χ1) is 8.56. The van der Waals surface area contributed by atoms with Crippen LogP contribution < -0.4 is 4.74 Å². The SMILES string of the molecule is O=C(O)c1coc(COc2ccc(F)cc2F)n1. The fourth-order valence-corrected chi connectivity index (χ4v) is 1.21. The summed E-state index contributed by atoms with van der Waals surface area (Å²) in [6, 6.07) is 2.83. The summed E-state index contributed by atoms with van der Waals surface area (Å²) < 4.78 is 35.6. The van der Waals surface area contributed by atoms with Gasteiger partial charge in [0.1, 0.15) is 12.1 Å². The molecule has 0 aliphatic heterocycles. The van der Waals surface area contributed by atoms with Crippen LogP contribution in [0.1, 0.15) is 16.4 Å². The fourth-order valence-electron chi connectivity index (χ4n) is 1.21. The number of hydrogen-bond acceptors (Lipinski definition) is 4. The molecule has 0 unspecified atom stereocenters. The summed E-state index contributed by atoms with van der Waals surface area (Å²) in [5, 5.41) is 8.59. The third-order valence-electron chi connectivity index (χ3n) is 2.02. The molecule has 18 heavy (non-hydrogen) atoms. The van der Waals surface area contributed by atoms with Gasteiger partial charge in [0.25, 0.3) is 0 Å². The van der Waals surface area contributed by atoms with Crippen LogP contribution in [0.5, 0.6) is 5.75 Å². The van der Waals surface area contributed by atoms with Crippen molar-refractivity contribution in [3.8, 4) is 5.75 Å². The number of rotatable bonds is 4. The number of carboxylic acid groups (broad SMARTS) is 1. The van der Waals surface area contributed by atoms with Crippen LogP contribution in [0, 0.1) is 11.6 Å². The first kappa shape index (κ1) is 12.0. The van der Waals surface area contributed by atoms with Crippen molar-refractivity contribution in [3.63, 3.8) is 0 Å². The predicted molar refractivity (Wildman–Crippen MR) is 54.2 cm³/mol. The van der Waals surface area contributed by atoms with Gasteiger partial charge in [0.2, 0.25) is 5.89 Å². The van der Waals surface area contributed by atoms with Gasteiger partial charge in [0.05, 0.1) is 0 Å². The molecule has 0 bridgehead atoms. The van der Waals surface area contributed by atoms with E-state index in [1.165, 1.54) is 0 Å². The highest BCUT2D eigenvalue weighted by Crippen LogP contribution is 2.18. The average molecular weight is 255 g/mol. The Balaban J connectivity index is 2.04. The second-order valence-corrected chi connectivity index (χ2v) is 3.30. The van der Waals surface area contributed by atoms with E-state index < -0.39 is 17.6 Å². The standard InChI is InChI=1S/C11H7F2NO4/c12-6-1-2-9(7(13)3-6)17-5-10-14-8(4-18-10)11(15)16/h1-4H,5H2,(H,15,16). The van der Waals surface area contributed by atoms with Crippen LogP contribution in [-0.2, 0) is 6.61 Å². The Morgan fingerprint density at radius 2 is 2.22 bits per heavy atom. The average Bonchev–Trinajstić information content (AvgIpc) is 2.76. The molecule has 0 saturated heterocycles. The summed E-state index contributed by atoms with van der Waals surface area (Å²) in [5.41, 5.74) is -0.270. The summed E-state index contributed by atoms with van der Waals surface area (Å²) in [5.74, 6) is -3.01. The smallest absolute Gasteiger partial charge is 0.357 e. The first-order valence-corrected chi connectivity index (χ1v) is 4.82. The summed E-state index contributed by atoms with van der Waals surface area (Å²) >= 11 is 0. The quantitative estimate of drug-likeness (QED) is 0.906. The molecule has 1 heterocycles. The van der Waals surface area contributed by atoms with E-state index in [-0.39, 0.29) is 23.9 Å². The molecular formula is C11H7F2NO4. The molecule has 5 nitrogen and oxygen atoms in total. The molecule has 2 rings (SSSR count). The van der Waals surface area contributed by atoms with E-state index in [4.69, 9.17) is 14.3 Å². The fraction of sp³-hybridized carbons (Fsp3) is 0.0909. The number of halogens is 2. The van der Waals surface area contributed by atoms with E-state index >= 15 is 0 Å². The molecule has 0 fully saturated rings. The monoisotopic (exact) mass is 255 g/mol. The minimum absolute atomic E-state index is 0.0175. The van der Waals surface area contributed by atoms with E-state index in [9.17, 15) is 13.6 Å². The molecule has 1 aromatic carbocycles. The van der Waals surface area contributed by atoms with Crippen molar-refractivity contribution < 1.29 is 27.8 Å². The third kappa shape index (κ3) is 2.62. The van der Waals surface area contributed by atoms with Crippen molar-refractivity contribution in [1.82, 2.24) is 4.98 Å². The molecule has 0 radical (unpaired) electrons. The largest absolute Gasteiger partial charge is 0.481 e. The van der Waals surface area contributed by atoms with Crippen LogP contribution >= 0.6 is 0 Å². The number of carboxylic acids is 1. The van der Waals surface area contributed by atoms with Gasteiger partial charge in [-0.2, -0.15) is 0 Å². The van der Waals surface area contributed by atoms with Gasteiger partial charge in [-0.3, -0.25) is 0 Å². The van der Waals surface area contributed by atoms with Crippen LogP contribution in [0.2, 0.25) is 0 Å². The number of benzene rings is 1. The molecule has 0 aliphatic rings. The van der Waals surface area contributed by atoms with Crippen molar-refractivity contribution in [3.05, 3.63) is 47.7 Å². The highest BCUT2D eigenvalue weighted by Gasteiger charge is 2.12. The maximum atomic E-state index is 13.2. The molecule has 7 heteroatoms. The molecule has 1 N–H and O–H groups in total. The lowest BCUT2D eigenvalue weighted by atomic mass is 10.3. The van der Waals surface area contributed by atoms with Crippen molar-refractivity contribution in [2.45, 2.75) is 6.61 Å². The zero-order valence-electron chi connectivity index (χ0n) is 8.89. The van der Waals surface area contributed by atoms with Crippen LogP contribution in [-0.4, -0.2) is 16.1 Å². The molecule has 2 aromatic rings. The molecule has 1 aromatic heterocycles. The number of aromatic carboxylic acids is 1. The summed E-state index contributed by atoms with van der Waals surface area (Å²) in [6.07, 6.45) is 0.946. The summed E-state index contributed by atoms with van der Waals surface area (Å²) in [7, 11) is 0. The molecule has 0 amide bonds. The normalized spacial score (nSPS) is 10.3. The highest BCUT2D eigenvalue weighted by molar-refractivity contribution is 5.84. The number of aromatic nitrogens is 1. The lowest BCUT2D eigenvalue weighted by molar-refractivity contribution is 0.0690. The van der Waals surface area contributed by atoms with Crippen LogP contribution in [0.4, 0.5) is 8.78 Å². The van der Waals surface area contributed by atoms with Crippen molar-refractivity contribution in [2.75, 3.05) is 0 Å². The van der Waals surface area contributed by atoms with Crippen LogP contribution in [0.15, 0.2) is 28.9 Å². The zero-order valence-corrected chi connectivity index (χ0v) is 8.89. The number of ether oxygens (including phenoxy) is 1. The van der Waals surface area contributed by atoms with Gasteiger partial charge in [-0.25, -0.2) is 18.6 Å². The molecule has 0 atom stereocenters. The van der Waals surface area contributed by atoms with Gasteiger partial charge < -0.3 is 14.3 Å². The van der Waals surface area contributed by atoms with Crippen molar-refractivity contribution in [1.29, 1.82) is 0 Å². The van der Waals surface area contributed by atoms with Crippen LogP contribution in [0.25, 0.3) is 0 Å². The van der Waals surface area contributed by atoms with E-state index in [1.807, 2.05) is 0 Å². The Morgan fingerprint density at radius 3 is 2.83 bits per heavy atom. The van der Waals surface area contributed by atoms with E-state index in [1.54, 1.807) is 0 Å². The third-order valence-corrected chi connectivity index (χ3v) is 2.02. The van der Waals surface area contributed by atoms with E-state index in [0.29, 0.717) is 6.07 Å². The number of nitrogens with zero attached hydrogens (tertiary/aromatic N) is 1. The predicted octanol–water partition coefficient (Wildman–Crippen LogP) is 2.23. The lowest BCUT2D eigenvalue weighted by Crippen LogP contribution is -2.00. The molecule has 0 aliphatic carbocycles. The Morgan fingerprint density at radius 1 is 1.44 bits per heavy atom. The van der Waals surface area contributed by atoms with E-state index in [0.717, 1.165) is 18.4 Å². The second kappa shape index (κ2) is 4.82. The Bertz CT molecular complexity index is 582. The Kier molecular flexibility index (Phi) is 3.22. The topological polar surface area (TPSA) is 72.6 Å². The minimum atomic E-state index is -1.24. The molecule has 0 saturated carbocycles. The van der Waals surface area contributed by atoms with Gasteiger partial charge in [-0.1, -0.05) is 0 Å². The van der Waals surface area contributed by atoms with Gasteiger partial charge in [0, 0.05) is 6.07 Å². The second-order valence-electron chi connectivity index (χ2n) is 3.30. The zero-order chi connectivity index (χ0) is 13.1. The van der Waals surface area contributed by atoms with Crippen molar-refractivity contribution >= 4 is 5.97 Å². The first-order valence-electron chi connectivity index (χ1n) is 4.82. The molecular weight excluding hydrogens is 248 g/mol. The number of hydrogen-bond donors (Lipinski definition) is 1. The molecule has 0 spiro atoms. The Hall–Kier alpha value is -2.44. The maximum Gasteiger partial charge on any atom is 0.357 e. The summed E-state index contributed by atoms with van der Waals surface area (Å²) in [4.78, 5) is 14.1. The minimum Gasteiger partial charge on any atom is -0.481 e. The lowest BCUT2D eigenvalue weighted by Gasteiger charge is -2.04. The van der Waals surface area contributed by atoms with Crippen molar-refractivity contribution in [2.24, 2.45) is 0 Å². The van der Waals surface area contributed by atoms with Crippen LogP contribution in [0.3, 0.4) is 0 Å². The van der Waals surface area contributed by atoms with Gasteiger partial charge in [0.15, 0.2) is 23.9 Å². The summed E-state index contributed by atoms with van der Waals surface area (Å²) in [6.45, 7) is -0.254. The van der Waals surface area contributed by atoms with Gasteiger partial charge in [-0.05, 0) is 12.1 Å². The molecule has 94 valence electrons. The maximum absolute atomic E-state index is 13.2. The number of carbonyl (C=O) groups is 1. The van der Waals surface area contributed by atoms with Gasteiger partial charge >= 0.3 is 5.97 Å². The highest BCUT2D eigenvalue weighted by atomic mass is 19.1. The Labute approximate surface area is 99.6 Å². The van der Waals surface area contributed by atoms with E-state index in [2.05, 4.69) is 4.98 Å². The van der Waals surface area contributed by atoms with Gasteiger partial charge in [-0.15, -0.1) is 0 Å². The number of oxazole rings is 1.